The third-order valence-electron chi connectivity index (χ3n) is 15.7. The van der Waals surface area contributed by atoms with Gasteiger partial charge in [-0.05, 0) is 156 Å². The molecule has 83 heavy (non-hydrogen) atoms. The van der Waals surface area contributed by atoms with Crippen LogP contribution < -0.4 is 33.2 Å². The molecule has 0 radical (unpaired) electrons. The minimum atomic E-state index is 0.0615. The number of hydrogen-bond acceptors (Lipinski definition) is 14. The summed E-state index contributed by atoms with van der Waals surface area (Å²) in [7, 11) is 0. The van der Waals surface area contributed by atoms with Gasteiger partial charge < -0.3 is 66.3 Å². The third kappa shape index (κ3) is 18.8. The highest BCUT2D eigenvalue weighted by molar-refractivity contribution is 5.47. The van der Waals surface area contributed by atoms with Crippen molar-refractivity contribution in [1.82, 2.24) is 0 Å². The Morgan fingerprint density at radius 1 is 0.301 bits per heavy atom. The van der Waals surface area contributed by atoms with Crippen LogP contribution in [0.3, 0.4) is 0 Å². The Bertz CT molecular complexity index is 2740. The van der Waals surface area contributed by atoms with Crippen molar-refractivity contribution in [3.05, 3.63) is 173 Å². The van der Waals surface area contributed by atoms with Crippen LogP contribution >= 0.6 is 0 Å². The molecule has 0 aromatic heterocycles. The molecule has 13 rings (SSSR count). The van der Waals surface area contributed by atoms with Gasteiger partial charge in [0.1, 0.15) is 117 Å². The molecule has 0 spiro atoms. The summed E-state index contributed by atoms with van der Waals surface area (Å²) in [4.78, 5) is 0. The minimum Gasteiger partial charge on any atom is -0.493 e. The first-order valence-corrected chi connectivity index (χ1v) is 30.0. The van der Waals surface area contributed by atoms with Gasteiger partial charge >= 0.3 is 0 Å². The van der Waals surface area contributed by atoms with Crippen LogP contribution in [0.2, 0.25) is 0 Å². The van der Waals surface area contributed by atoms with Crippen LogP contribution in [0.25, 0.3) is 0 Å². The lowest BCUT2D eigenvalue weighted by Crippen LogP contribution is -2.08. The summed E-state index contributed by atoms with van der Waals surface area (Å²) < 4.78 is 78.3. The smallest absolute Gasteiger partial charge is 0.123 e. The van der Waals surface area contributed by atoms with Gasteiger partial charge in [-0.2, -0.15) is 0 Å². The standard InChI is InChI=1S/C32H36O6.C21H24O4.C14H18O4.C2H6/c1-20-29(36-20)16-17-33-26-10-4-23(5-11-26)32(24-6-12-27(13-7-24)34-18-30-21(2)37-30)25-8-14-28(15-9-25)35-19-31-22(3)38-31;1-14-20(24-14)12-22-18-7-3-16(4-8-18)11-17-5-9-19(10-6-17)23-13-21-15(2)25-21;1-9-13(17-9)7-15-11-4-3-5-12(6-11)16-8-14-10(2)18-14;1-2/h4-15,20-22,29-32H,16-19H2,1-3H3;3-10,14-15,20-21H,11-13H2,1-2H3;3-6,9-10,13-14H,7-8H2,1-2H3;1-2H3. The van der Waals surface area contributed by atoms with E-state index in [2.05, 4.69) is 107 Å². The lowest BCUT2D eigenvalue weighted by molar-refractivity contribution is 0.250. The Kier molecular flexibility index (Phi) is 20.5. The van der Waals surface area contributed by atoms with E-state index in [0.717, 1.165) is 53.1 Å². The zero-order valence-electron chi connectivity index (χ0n) is 49.6. The maximum Gasteiger partial charge on any atom is 0.123 e. The van der Waals surface area contributed by atoms with Crippen LogP contribution in [0.5, 0.6) is 40.2 Å². The normalized spacial score (nSPS) is 28.1. The van der Waals surface area contributed by atoms with Gasteiger partial charge in [-0.1, -0.05) is 80.6 Å². The van der Waals surface area contributed by atoms with Crippen molar-refractivity contribution in [2.45, 2.75) is 167 Å². The summed E-state index contributed by atoms with van der Waals surface area (Å²) in [6, 6.07) is 49.4. The van der Waals surface area contributed by atoms with Crippen LogP contribution in [0.4, 0.5) is 0 Å². The zero-order valence-corrected chi connectivity index (χ0v) is 49.6. The van der Waals surface area contributed by atoms with Crippen LogP contribution in [0.1, 0.15) is 102 Å². The third-order valence-corrected chi connectivity index (χ3v) is 15.7. The zero-order chi connectivity index (χ0) is 57.8. The maximum absolute atomic E-state index is 5.97. The molecule has 7 saturated heterocycles. The van der Waals surface area contributed by atoms with Gasteiger partial charge in [-0.15, -0.1) is 0 Å². The fraction of sp³-hybridized carbons (Fsp3) is 0.478. The average molecular weight is 1140 g/mol. The Labute approximate surface area is 490 Å². The minimum absolute atomic E-state index is 0.0615. The number of rotatable bonds is 27. The molecular weight excluding hydrogens is 1050 g/mol. The Morgan fingerprint density at radius 2 is 0.542 bits per heavy atom. The molecule has 14 atom stereocenters. The Morgan fingerprint density at radius 3 is 0.807 bits per heavy atom. The summed E-state index contributed by atoms with van der Waals surface area (Å²) in [6.45, 7) is 22.8. The molecule has 7 aliphatic heterocycles. The highest BCUT2D eigenvalue weighted by Crippen LogP contribution is 2.36. The van der Waals surface area contributed by atoms with Crippen molar-refractivity contribution >= 4 is 0 Å². The average Bonchev–Trinajstić information content (AvgIpc) is 4.39. The molecule has 7 heterocycles. The van der Waals surface area contributed by atoms with E-state index < -0.39 is 0 Å². The van der Waals surface area contributed by atoms with E-state index in [9.17, 15) is 0 Å². The topological polar surface area (TPSA) is 152 Å². The first-order valence-electron chi connectivity index (χ1n) is 30.0. The number of benzene rings is 6. The van der Waals surface area contributed by atoms with Gasteiger partial charge in [0.15, 0.2) is 0 Å². The first kappa shape index (κ1) is 59.8. The van der Waals surface area contributed by atoms with Crippen molar-refractivity contribution < 1.29 is 66.3 Å². The van der Waals surface area contributed by atoms with Crippen LogP contribution in [0.15, 0.2) is 146 Å². The highest BCUT2D eigenvalue weighted by Gasteiger charge is 2.38. The van der Waals surface area contributed by atoms with Gasteiger partial charge in [0.05, 0.1) is 55.4 Å². The van der Waals surface area contributed by atoms with E-state index in [0.29, 0.717) is 95.1 Å². The summed E-state index contributed by atoms with van der Waals surface area (Å²) in [5, 5.41) is 0. The molecule has 14 nitrogen and oxygen atoms in total. The van der Waals surface area contributed by atoms with Crippen molar-refractivity contribution in [3.8, 4) is 40.2 Å². The number of hydrogen-bond donors (Lipinski definition) is 0. The molecule has 6 aromatic carbocycles. The SMILES string of the molecule is CC.CC1OC1CCOc1ccc(C(c2ccc(OCC3OC3C)cc2)c2ccc(OCC3OC3C)cc2)cc1.CC1OC1COc1ccc(Cc2ccc(OCC3OC3C)cc2)cc1.CC1OC1COc1cccc(OCC2OC2C)c1. The molecule has 0 N–H and O–H groups in total. The monoisotopic (exact) mass is 1140 g/mol. The van der Waals surface area contributed by atoms with Crippen molar-refractivity contribution in [2.75, 3.05) is 46.2 Å². The van der Waals surface area contributed by atoms with Crippen molar-refractivity contribution in [2.24, 2.45) is 0 Å². The van der Waals surface area contributed by atoms with Gasteiger partial charge in [0.25, 0.3) is 0 Å². The number of ether oxygens (including phenoxy) is 14. The Balaban J connectivity index is 0.000000147. The molecule has 0 amide bonds. The summed E-state index contributed by atoms with van der Waals surface area (Å²) in [5.41, 5.74) is 6.10. The Hall–Kier alpha value is -6.36. The van der Waals surface area contributed by atoms with E-state index in [4.69, 9.17) is 66.3 Å². The summed E-state index contributed by atoms with van der Waals surface area (Å²) >= 11 is 0. The van der Waals surface area contributed by atoms with Crippen LogP contribution in [-0.2, 0) is 39.6 Å². The second kappa shape index (κ2) is 28.5. The van der Waals surface area contributed by atoms with E-state index in [-0.39, 0.29) is 42.5 Å². The molecule has 0 bridgehead atoms. The van der Waals surface area contributed by atoms with Crippen LogP contribution in [0, 0.1) is 0 Å². The van der Waals surface area contributed by atoms with E-state index >= 15 is 0 Å². The van der Waals surface area contributed by atoms with E-state index in [1.165, 1.54) is 27.8 Å². The predicted molar refractivity (Wildman–Crippen MR) is 317 cm³/mol. The molecule has 14 unspecified atom stereocenters. The maximum atomic E-state index is 5.97. The number of epoxide rings is 7. The molecule has 7 aliphatic rings. The fourth-order valence-corrected chi connectivity index (χ4v) is 9.47. The molecule has 7 fully saturated rings. The largest absolute Gasteiger partial charge is 0.493 e. The van der Waals surface area contributed by atoms with E-state index in [1.54, 1.807) is 0 Å². The van der Waals surface area contributed by atoms with Crippen molar-refractivity contribution in [1.29, 1.82) is 0 Å². The van der Waals surface area contributed by atoms with Gasteiger partial charge in [-0.25, -0.2) is 0 Å². The van der Waals surface area contributed by atoms with Crippen LogP contribution in [-0.4, -0.2) is 132 Å². The predicted octanol–water partition coefficient (Wildman–Crippen LogP) is 12.4. The van der Waals surface area contributed by atoms with Gasteiger partial charge in [0, 0.05) is 18.4 Å². The molecule has 444 valence electrons. The molecule has 14 heteroatoms. The van der Waals surface area contributed by atoms with Gasteiger partial charge in [0.2, 0.25) is 0 Å². The second-order valence-electron chi connectivity index (χ2n) is 22.2. The molecule has 0 aliphatic carbocycles. The highest BCUT2D eigenvalue weighted by atomic mass is 16.6. The lowest BCUT2D eigenvalue weighted by atomic mass is 9.85. The molecule has 6 aromatic rings. The fourth-order valence-electron chi connectivity index (χ4n) is 9.47. The van der Waals surface area contributed by atoms with Crippen molar-refractivity contribution in [3.63, 3.8) is 0 Å². The lowest BCUT2D eigenvalue weighted by Gasteiger charge is -2.20. The molecule has 0 saturated carbocycles. The quantitative estimate of drug-likeness (QED) is 0.0355. The second-order valence-corrected chi connectivity index (χ2v) is 22.2. The molecular formula is C69H84O14. The van der Waals surface area contributed by atoms with E-state index in [1.807, 2.05) is 100 Å². The summed E-state index contributed by atoms with van der Waals surface area (Å²) in [6.07, 6.45) is 5.89. The van der Waals surface area contributed by atoms with Gasteiger partial charge in [-0.3, -0.25) is 0 Å². The first-order chi connectivity index (χ1) is 40.4. The summed E-state index contributed by atoms with van der Waals surface area (Å²) in [5.74, 6) is 6.08.